The van der Waals surface area contributed by atoms with E-state index in [-0.39, 0.29) is 42.4 Å². The van der Waals surface area contributed by atoms with Crippen molar-refractivity contribution in [2.24, 2.45) is 5.92 Å². The number of rotatable bonds is 6. The van der Waals surface area contributed by atoms with Crippen molar-refractivity contribution < 1.29 is 19.1 Å². The Hall–Kier alpha value is -2.16. The number of nitrogens with zero attached hydrogens (tertiary/aromatic N) is 3. The number of ether oxygens (including phenoxy) is 1. The highest BCUT2D eigenvalue weighted by molar-refractivity contribution is 9.10. The van der Waals surface area contributed by atoms with Crippen LogP contribution in [0.15, 0.2) is 27.6 Å². The van der Waals surface area contributed by atoms with Crippen LogP contribution in [0, 0.1) is 5.92 Å². The Kier molecular flexibility index (Phi) is 7.58. The van der Waals surface area contributed by atoms with Gasteiger partial charge < -0.3 is 19.1 Å². The molecule has 0 N–H and O–H groups in total. The number of aromatic nitrogens is 1. The van der Waals surface area contributed by atoms with Gasteiger partial charge in [-0.15, -0.1) is 0 Å². The fourth-order valence-electron chi connectivity index (χ4n) is 2.91. The van der Waals surface area contributed by atoms with E-state index in [1.165, 1.54) is 28.8 Å². The lowest BCUT2D eigenvalue weighted by atomic mass is 9.97. The predicted molar refractivity (Wildman–Crippen MR) is 102 cm³/mol. The summed E-state index contributed by atoms with van der Waals surface area (Å²) in [4.78, 5) is 51.3. The minimum absolute atomic E-state index is 0.0638. The van der Waals surface area contributed by atoms with Crippen molar-refractivity contribution in [1.82, 2.24) is 14.4 Å². The third-order valence-corrected chi connectivity index (χ3v) is 4.99. The van der Waals surface area contributed by atoms with Crippen molar-refractivity contribution in [1.29, 1.82) is 0 Å². The maximum Gasteiger partial charge on any atom is 0.309 e. The molecule has 2 amide bonds. The normalized spacial score (nSPS) is 14.7. The molecule has 0 unspecified atom stereocenters. The number of likely N-dealkylation sites (tertiary alicyclic amines) is 1. The lowest BCUT2D eigenvalue weighted by molar-refractivity contribution is -0.151. The van der Waals surface area contributed by atoms with Gasteiger partial charge in [0, 0.05) is 36.9 Å². The van der Waals surface area contributed by atoms with Crippen LogP contribution in [0.25, 0.3) is 0 Å². The first-order valence-corrected chi connectivity index (χ1v) is 9.65. The standard InChI is InChI=1S/C18H24BrN3O5/c1-3-27-18(26)13-6-8-21(9-7-13)17(25)11-20(2)16(24)12-22-10-14(19)4-5-15(22)23/h4-5,10,13H,3,6-9,11-12H2,1-2H3. The van der Waals surface area contributed by atoms with E-state index in [2.05, 4.69) is 15.9 Å². The van der Waals surface area contributed by atoms with Gasteiger partial charge in [-0.25, -0.2) is 0 Å². The van der Waals surface area contributed by atoms with Crippen LogP contribution in [0.5, 0.6) is 0 Å². The van der Waals surface area contributed by atoms with Crippen molar-refractivity contribution in [3.8, 4) is 0 Å². The SMILES string of the molecule is CCOC(=O)C1CCN(C(=O)CN(C)C(=O)Cn2cc(Br)ccc2=O)CC1. The van der Waals surface area contributed by atoms with Gasteiger partial charge in [0.15, 0.2) is 0 Å². The van der Waals surface area contributed by atoms with E-state index in [9.17, 15) is 19.2 Å². The Morgan fingerprint density at radius 3 is 2.56 bits per heavy atom. The molecule has 0 aliphatic carbocycles. The minimum atomic E-state index is -0.329. The van der Waals surface area contributed by atoms with Gasteiger partial charge in [-0.1, -0.05) is 0 Å². The smallest absolute Gasteiger partial charge is 0.309 e. The fourth-order valence-corrected chi connectivity index (χ4v) is 3.29. The first-order valence-electron chi connectivity index (χ1n) is 8.86. The van der Waals surface area contributed by atoms with Crippen molar-refractivity contribution in [3.63, 3.8) is 0 Å². The molecule has 1 fully saturated rings. The van der Waals surface area contributed by atoms with Gasteiger partial charge in [-0.2, -0.15) is 0 Å². The third-order valence-electron chi connectivity index (χ3n) is 4.52. The molecule has 0 bridgehead atoms. The Labute approximate surface area is 166 Å². The zero-order chi connectivity index (χ0) is 20.0. The second-order valence-corrected chi connectivity index (χ2v) is 7.39. The molecule has 0 saturated carbocycles. The highest BCUT2D eigenvalue weighted by Gasteiger charge is 2.28. The predicted octanol–water partition coefficient (Wildman–Crippen LogP) is 0.871. The van der Waals surface area contributed by atoms with E-state index in [0.717, 1.165) is 0 Å². The molecule has 1 aliphatic heterocycles. The Bertz CT molecular complexity index is 756. The number of piperidine rings is 1. The number of carbonyl (C=O) groups excluding carboxylic acids is 3. The lowest BCUT2D eigenvalue weighted by Crippen LogP contribution is -2.46. The van der Waals surface area contributed by atoms with Crippen molar-refractivity contribution in [3.05, 3.63) is 33.2 Å². The molecule has 1 aromatic rings. The van der Waals surface area contributed by atoms with Gasteiger partial charge in [-0.3, -0.25) is 19.2 Å². The number of amides is 2. The molecule has 1 aliphatic rings. The number of carbonyl (C=O) groups is 3. The molecule has 0 aromatic carbocycles. The van der Waals surface area contributed by atoms with Gasteiger partial charge in [-0.05, 0) is 41.8 Å². The average molecular weight is 442 g/mol. The van der Waals surface area contributed by atoms with E-state index < -0.39 is 0 Å². The van der Waals surface area contributed by atoms with Crippen LogP contribution in [0.2, 0.25) is 0 Å². The van der Waals surface area contributed by atoms with Crippen LogP contribution in [-0.4, -0.2) is 65.4 Å². The summed E-state index contributed by atoms with van der Waals surface area (Å²) in [6.07, 6.45) is 2.67. The number of pyridine rings is 1. The van der Waals surface area contributed by atoms with E-state index in [0.29, 0.717) is 37.0 Å². The van der Waals surface area contributed by atoms with Crippen LogP contribution in [0.3, 0.4) is 0 Å². The van der Waals surface area contributed by atoms with Crippen molar-refractivity contribution in [2.75, 3.05) is 33.3 Å². The Morgan fingerprint density at radius 2 is 1.93 bits per heavy atom. The first kappa shape index (κ1) is 21.1. The molecule has 148 valence electrons. The van der Waals surface area contributed by atoms with Crippen LogP contribution in [-0.2, 0) is 25.7 Å². The van der Waals surface area contributed by atoms with Crippen molar-refractivity contribution >= 4 is 33.7 Å². The molecular weight excluding hydrogens is 418 g/mol. The summed E-state index contributed by atoms with van der Waals surface area (Å²) < 4.78 is 7.00. The number of likely N-dealkylation sites (N-methyl/N-ethyl adjacent to an activating group) is 1. The van der Waals surface area contributed by atoms with Gasteiger partial charge in [0.1, 0.15) is 6.54 Å². The number of esters is 1. The monoisotopic (exact) mass is 441 g/mol. The second kappa shape index (κ2) is 9.68. The molecule has 1 saturated heterocycles. The second-order valence-electron chi connectivity index (χ2n) is 6.47. The van der Waals surface area contributed by atoms with E-state index in [4.69, 9.17) is 4.74 Å². The molecule has 0 spiro atoms. The van der Waals surface area contributed by atoms with E-state index in [1.54, 1.807) is 17.9 Å². The van der Waals surface area contributed by atoms with Gasteiger partial charge >= 0.3 is 5.97 Å². The first-order chi connectivity index (χ1) is 12.8. The maximum absolute atomic E-state index is 12.4. The van der Waals surface area contributed by atoms with Crippen molar-refractivity contribution in [2.45, 2.75) is 26.3 Å². The third kappa shape index (κ3) is 5.92. The number of hydrogen-bond acceptors (Lipinski definition) is 5. The summed E-state index contributed by atoms with van der Waals surface area (Å²) in [6.45, 7) is 2.86. The summed E-state index contributed by atoms with van der Waals surface area (Å²) in [6, 6.07) is 2.98. The van der Waals surface area contributed by atoms with Crippen LogP contribution in [0.1, 0.15) is 19.8 Å². The molecule has 27 heavy (non-hydrogen) atoms. The lowest BCUT2D eigenvalue weighted by Gasteiger charge is -2.32. The summed E-state index contributed by atoms with van der Waals surface area (Å²) in [7, 11) is 1.54. The molecule has 8 nitrogen and oxygen atoms in total. The fraction of sp³-hybridized carbons (Fsp3) is 0.556. The van der Waals surface area contributed by atoms with Crippen LogP contribution >= 0.6 is 15.9 Å². The summed E-state index contributed by atoms with van der Waals surface area (Å²) in [5.41, 5.74) is -0.285. The Balaban J connectivity index is 1.85. The van der Waals surface area contributed by atoms with Crippen LogP contribution < -0.4 is 5.56 Å². The summed E-state index contributed by atoms with van der Waals surface area (Å²) >= 11 is 3.26. The molecule has 0 atom stereocenters. The molecule has 0 radical (unpaired) electrons. The molecule has 2 rings (SSSR count). The topological polar surface area (TPSA) is 88.9 Å². The van der Waals surface area contributed by atoms with E-state index >= 15 is 0 Å². The quantitative estimate of drug-likeness (QED) is 0.611. The zero-order valence-corrected chi connectivity index (χ0v) is 17.1. The highest BCUT2D eigenvalue weighted by Crippen LogP contribution is 2.18. The zero-order valence-electron chi connectivity index (χ0n) is 15.5. The Morgan fingerprint density at radius 1 is 1.26 bits per heavy atom. The van der Waals surface area contributed by atoms with E-state index in [1.807, 2.05) is 0 Å². The number of halogens is 1. The minimum Gasteiger partial charge on any atom is -0.466 e. The molecular formula is C18H24BrN3O5. The van der Waals surface area contributed by atoms with Gasteiger partial charge in [0.2, 0.25) is 11.8 Å². The largest absolute Gasteiger partial charge is 0.466 e. The highest BCUT2D eigenvalue weighted by atomic mass is 79.9. The average Bonchev–Trinajstić information content (AvgIpc) is 2.64. The molecule has 2 heterocycles. The molecule has 9 heteroatoms. The number of hydrogen-bond donors (Lipinski definition) is 0. The molecule has 1 aromatic heterocycles. The van der Waals surface area contributed by atoms with Gasteiger partial charge in [0.05, 0.1) is 19.1 Å². The maximum atomic E-state index is 12.4. The summed E-state index contributed by atoms with van der Waals surface area (Å²) in [5.74, 6) is -0.882. The van der Waals surface area contributed by atoms with Gasteiger partial charge in [0.25, 0.3) is 5.56 Å². The van der Waals surface area contributed by atoms with Crippen LogP contribution in [0.4, 0.5) is 0 Å². The summed E-state index contributed by atoms with van der Waals surface area (Å²) in [5, 5.41) is 0.